The lowest BCUT2D eigenvalue weighted by molar-refractivity contribution is -0.126. The Morgan fingerprint density at radius 2 is 1.90 bits per heavy atom. The minimum Gasteiger partial charge on any atom is -0.368 e. The minimum absolute atomic E-state index is 0.0716. The summed E-state index contributed by atoms with van der Waals surface area (Å²) in [5.74, 6) is -1.33. The van der Waals surface area contributed by atoms with Gasteiger partial charge in [-0.3, -0.25) is 14.6 Å². The smallest absolute Gasteiger partial charge is 0.270 e. The van der Waals surface area contributed by atoms with Gasteiger partial charge in [-0.05, 0) is 55.8 Å². The van der Waals surface area contributed by atoms with E-state index in [0.29, 0.717) is 17.8 Å². The molecule has 0 spiro atoms. The average molecular weight is 407 g/mol. The summed E-state index contributed by atoms with van der Waals surface area (Å²) in [5, 5.41) is 14.7. The third-order valence-corrected chi connectivity index (χ3v) is 5.17. The van der Waals surface area contributed by atoms with Crippen molar-refractivity contribution in [1.82, 2.24) is 4.90 Å². The van der Waals surface area contributed by atoms with E-state index in [1.54, 1.807) is 17.0 Å². The van der Waals surface area contributed by atoms with Gasteiger partial charge in [0.05, 0.1) is 23.4 Å². The number of primary amides is 1. The van der Waals surface area contributed by atoms with E-state index in [1.807, 2.05) is 26.0 Å². The van der Waals surface area contributed by atoms with Crippen molar-refractivity contribution in [2.45, 2.75) is 32.4 Å². The number of nitrogens with zero attached hydrogens (tertiary/aromatic N) is 4. The molecule has 0 saturated heterocycles. The number of hydrazone groups is 1. The maximum absolute atomic E-state index is 13.3. The highest BCUT2D eigenvalue weighted by Crippen LogP contribution is 2.27. The summed E-state index contributed by atoms with van der Waals surface area (Å²) in [6.45, 7) is 4.18. The highest BCUT2D eigenvalue weighted by Gasteiger charge is 2.37. The van der Waals surface area contributed by atoms with Gasteiger partial charge in [0.25, 0.3) is 5.91 Å². The molecule has 0 saturated carbocycles. The van der Waals surface area contributed by atoms with Crippen LogP contribution in [0.15, 0.2) is 53.6 Å². The fourth-order valence-electron chi connectivity index (χ4n) is 3.47. The van der Waals surface area contributed by atoms with E-state index in [1.165, 1.54) is 29.3 Å². The quantitative estimate of drug-likeness (QED) is 0.795. The van der Waals surface area contributed by atoms with Gasteiger partial charge < -0.3 is 10.6 Å². The number of halogens is 1. The van der Waals surface area contributed by atoms with E-state index in [0.717, 1.165) is 5.56 Å². The lowest BCUT2D eigenvalue weighted by atomic mass is 10.0. The summed E-state index contributed by atoms with van der Waals surface area (Å²) in [7, 11) is 0. The summed E-state index contributed by atoms with van der Waals surface area (Å²) in [6.07, 6.45) is 0.0716. The van der Waals surface area contributed by atoms with Gasteiger partial charge in [0.15, 0.2) is 0 Å². The zero-order valence-corrected chi connectivity index (χ0v) is 16.7. The largest absolute Gasteiger partial charge is 0.368 e. The van der Waals surface area contributed by atoms with Crippen LogP contribution in [-0.4, -0.2) is 35.0 Å². The summed E-state index contributed by atoms with van der Waals surface area (Å²) < 4.78 is 13.3. The first kappa shape index (κ1) is 21.0. The molecule has 30 heavy (non-hydrogen) atoms. The molecule has 1 heterocycles. The Balaban J connectivity index is 1.87. The maximum atomic E-state index is 13.3. The molecular weight excluding hydrogens is 385 g/mol. The van der Waals surface area contributed by atoms with E-state index in [4.69, 9.17) is 11.0 Å². The molecule has 1 aliphatic rings. The molecule has 7 nitrogen and oxygen atoms in total. The van der Waals surface area contributed by atoms with Gasteiger partial charge in [0, 0.05) is 13.0 Å². The standard InChI is InChI=1S/C22H22FN5O2/c1-3-27(14(2)16-6-4-15(13-24)5-7-16)22(30)19-12-20(21(25)29)28(26-19)18-10-8-17(23)9-11-18/h4-11,14,20H,3,12H2,1-2H3,(H2,25,29). The van der Waals surface area contributed by atoms with Crippen molar-refractivity contribution in [2.75, 3.05) is 11.6 Å². The van der Waals surface area contributed by atoms with Crippen molar-refractivity contribution in [1.29, 1.82) is 5.26 Å². The topological polar surface area (TPSA) is 103 Å². The molecule has 2 unspecified atom stereocenters. The highest BCUT2D eigenvalue weighted by atomic mass is 19.1. The molecule has 8 heteroatoms. The molecule has 3 rings (SSSR count). The summed E-state index contributed by atoms with van der Waals surface area (Å²) in [4.78, 5) is 26.8. The number of hydrogen-bond acceptors (Lipinski definition) is 5. The number of nitriles is 1. The molecule has 0 aromatic heterocycles. The van der Waals surface area contributed by atoms with Crippen LogP contribution in [0.2, 0.25) is 0 Å². The number of hydrogen-bond donors (Lipinski definition) is 1. The summed E-state index contributed by atoms with van der Waals surface area (Å²) in [6, 6.07) is 13.5. The predicted octanol–water partition coefficient (Wildman–Crippen LogP) is 2.73. The Bertz CT molecular complexity index is 1010. The molecule has 154 valence electrons. The highest BCUT2D eigenvalue weighted by molar-refractivity contribution is 6.40. The number of carbonyl (C=O) groups excluding carboxylic acids is 2. The third-order valence-electron chi connectivity index (χ3n) is 5.17. The molecule has 2 atom stereocenters. The lowest BCUT2D eigenvalue weighted by Gasteiger charge is -2.28. The number of benzene rings is 2. The van der Waals surface area contributed by atoms with Crippen molar-refractivity contribution in [3.8, 4) is 6.07 Å². The van der Waals surface area contributed by atoms with Gasteiger partial charge in [-0.2, -0.15) is 10.4 Å². The van der Waals surface area contributed by atoms with Gasteiger partial charge in [0.2, 0.25) is 5.91 Å². The van der Waals surface area contributed by atoms with Crippen molar-refractivity contribution in [3.05, 3.63) is 65.5 Å². The zero-order valence-electron chi connectivity index (χ0n) is 16.7. The molecule has 2 aromatic carbocycles. The Labute approximate surface area is 174 Å². The summed E-state index contributed by atoms with van der Waals surface area (Å²) in [5.41, 5.74) is 7.64. The minimum atomic E-state index is -0.821. The molecule has 1 aliphatic heterocycles. The second-order valence-electron chi connectivity index (χ2n) is 6.99. The van der Waals surface area contributed by atoms with Crippen LogP contribution >= 0.6 is 0 Å². The Morgan fingerprint density at radius 3 is 2.43 bits per heavy atom. The van der Waals surface area contributed by atoms with E-state index in [-0.39, 0.29) is 24.1 Å². The third kappa shape index (κ3) is 4.15. The van der Waals surface area contributed by atoms with Crippen LogP contribution in [0.25, 0.3) is 0 Å². The van der Waals surface area contributed by atoms with Crippen molar-refractivity contribution in [2.24, 2.45) is 10.8 Å². The van der Waals surface area contributed by atoms with Gasteiger partial charge in [0.1, 0.15) is 17.6 Å². The molecule has 0 bridgehead atoms. The van der Waals surface area contributed by atoms with Crippen LogP contribution in [0.4, 0.5) is 10.1 Å². The fourth-order valence-corrected chi connectivity index (χ4v) is 3.47. The number of amides is 2. The zero-order chi connectivity index (χ0) is 21.8. The molecule has 2 N–H and O–H groups in total. The number of carbonyl (C=O) groups is 2. The van der Waals surface area contributed by atoms with Crippen LogP contribution < -0.4 is 10.7 Å². The van der Waals surface area contributed by atoms with Crippen LogP contribution in [0.1, 0.15) is 37.4 Å². The van der Waals surface area contributed by atoms with Crippen molar-refractivity contribution < 1.29 is 14.0 Å². The van der Waals surface area contributed by atoms with E-state index >= 15 is 0 Å². The molecule has 0 radical (unpaired) electrons. The van der Waals surface area contributed by atoms with E-state index < -0.39 is 17.8 Å². The Kier molecular flexibility index (Phi) is 6.11. The Morgan fingerprint density at radius 1 is 1.27 bits per heavy atom. The summed E-state index contributed by atoms with van der Waals surface area (Å²) >= 11 is 0. The molecule has 2 amide bonds. The monoisotopic (exact) mass is 407 g/mol. The average Bonchev–Trinajstić information content (AvgIpc) is 3.20. The molecular formula is C22H22FN5O2. The van der Waals surface area contributed by atoms with Gasteiger partial charge in [-0.1, -0.05) is 12.1 Å². The predicted molar refractivity (Wildman–Crippen MR) is 111 cm³/mol. The second kappa shape index (κ2) is 8.74. The second-order valence-corrected chi connectivity index (χ2v) is 6.99. The van der Waals surface area contributed by atoms with Crippen LogP contribution in [0, 0.1) is 17.1 Å². The van der Waals surface area contributed by atoms with Gasteiger partial charge >= 0.3 is 0 Å². The molecule has 0 aliphatic carbocycles. The van der Waals surface area contributed by atoms with Crippen molar-refractivity contribution in [3.63, 3.8) is 0 Å². The lowest BCUT2D eigenvalue weighted by Crippen LogP contribution is -2.41. The first-order valence-corrected chi connectivity index (χ1v) is 9.58. The molecule has 0 fully saturated rings. The van der Waals surface area contributed by atoms with Crippen LogP contribution in [0.5, 0.6) is 0 Å². The van der Waals surface area contributed by atoms with E-state index in [9.17, 15) is 14.0 Å². The molecule has 2 aromatic rings. The Hall–Kier alpha value is -3.73. The van der Waals surface area contributed by atoms with Crippen LogP contribution in [0.3, 0.4) is 0 Å². The van der Waals surface area contributed by atoms with Crippen molar-refractivity contribution >= 4 is 23.2 Å². The first-order valence-electron chi connectivity index (χ1n) is 9.58. The number of nitrogens with two attached hydrogens (primary N) is 1. The van der Waals surface area contributed by atoms with E-state index in [2.05, 4.69) is 11.2 Å². The maximum Gasteiger partial charge on any atom is 0.270 e. The normalized spacial score (nSPS) is 16.5. The fraction of sp³-hybridized carbons (Fsp3) is 0.273. The van der Waals surface area contributed by atoms with Gasteiger partial charge in [-0.15, -0.1) is 0 Å². The van der Waals surface area contributed by atoms with Gasteiger partial charge in [-0.25, -0.2) is 4.39 Å². The number of anilines is 1. The van der Waals surface area contributed by atoms with Crippen LogP contribution in [-0.2, 0) is 9.59 Å². The SMILES string of the molecule is CCN(C(=O)C1=NN(c2ccc(F)cc2)C(C(N)=O)C1)C(C)c1ccc(C#N)cc1. The number of rotatable bonds is 6. The first-order chi connectivity index (χ1) is 14.3.